The lowest BCUT2D eigenvalue weighted by Crippen LogP contribution is -2.15. The average molecular weight is 417 g/mol. The molecule has 0 amide bonds. The highest BCUT2D eigenvalue weighted by Crippen LogP contribution is 2.38. The summed E-state index contributed by atoms with van der Waals surface area (Å²) < 4.78 is 1.34. The summed E-state index contributed by atoms with van der Waals surface area (Å²) in [6, 6.07) is 1.52. The van der Waals surface area contributed by atoms with Crippen molar-refractivity contribution < 1.29 is 0 Å². The zero-order valence-corrected chi connectivity index (χ0v) is 17.0. The largest absolute Gasteiger partial charge is 0.383 e. The first kappa shape index (κ1) is 17.1. The minimum absolute atomic E-state index is 0.165. The van der Waals surface area contributed by atoms with Crippen LogP contribution in [0.3, 0.4) is 0 Å². The molecule has 27 heavy (non-hydrogen) atoms. The molecule has 0 saturated heterocycles. The summed E-state index contributed by atoms with van der Waals surface area (Å²) in [7, 11) is 0. The van der Waals surface area contributed by atoms with Gasteiger partial charge in [0.15, 0.2) is 5.16 Å². The van der Waals surface area contributed by atoms with Crippen molar-refractivity contribution in [2.24, 2.45) is 0 Å². The molecule has 0 aliphatic heterocycles. The summed E-state index contributed by atoms with van der Waals surface area (Å²) >= 11 is 4.59. The lowest BCUT2D eigenvalue weighted by Gasteiger charge is -2.10. The average Bonchev–Trinajstić information content (AvgIpc) is 3.20. The molecule has 4 aromatic rings. The Morgan fingerprint density at radius 2 is 2.07 bits per heavy atom. The Balaban J connectivity index is 1.46. The van der Waals surface area contributed by atoms with Crippen molar-refractivity contribution in [2.45, 2.75) is 43.5 Å². The van der Waals surface area contributed by atoms with Crippen LogP contribution < -0.4 is 11.3 Å². The molecule has 0 unspecified atom stereocenters. The molecule has 1 aliphatic rings. The van der Waals surface area contributed by atoms with Crippen molar-refractivity contribution in [3.05, 3.63) is 37.6 Å². The van der Waals surface area contributed by atoms with Gasteiger partial charge in [0.2, 0.25) is 4.96 Å². The van der Waals surface area contributed by atoms with Crippen LogP contribution in [0.2, 0.25) is 0 Å². The van der Waals surface area contributed by atoms with Gasteiger partial charge in [0.1, 0.15) is 15.7 Å². The fraction of sp³-hybridized carbons (Fsp3) is 0.353. The fourth-order valence-corrected chi connectivity index (χ4v) is 6.23. The first-order valence-electron chi connectivity index (χ1n) is 8.65. The van der Waals surface area contributed by atoms with Gasteiger partial charge in [-0.05, 0) is 38.2 Å². The summed E-state index contributed by atoms with van der Waals surface area (Å²) in [5, 5.41) is 6.64. The first-order chi connectivity index (χ1) is 13.1. The van der Waals surface area contributed by atoms with E-state index in [0.717, 1.165) is 28.1 Å². The van der Waals surface area contributed by atoms with Crippen LogP contribution >= 0.6 is 34.4 Å². The highest BCUT2D eigenvalue weighted by Gasteiger charge is 2.20. The summed E-state index contributed by atoms with van der Waals surface area (Å²) in [6.45, 7) is 1.86. The number of hydrogen-bond donors (Lipinski definition) is 1. The maximum Gasteiger partial charge on any atom is 0.275 e. The lowest BCUT2D eigenvalue weighted by atomic mass is 9.97. The monoisotopic (exact) mass is 416 g/mol. The Hall–Kier alpha value is -2.04. The number of aromatic nitrogens is 5. The Kier molecular flexibility index (Phi) is 4.14. The zero-order chi connectivity index (χ0) is 18.5. The molecule has 0 spiro atoms. The maximum absolute atomic E-state index is 12.2. The van der Waals surface area contributed by atoms with E-state index in [9.17, 15) is 4.79 Å². The van der Waals surface area contributed by atoms with E-state index in [1.807, 2.05) is 6.92 Å². The van der Waals surface area contributed by atoms with Gasteiger partial charge < -0.3 is 5.73 Å². The quantitative estimate of drug-likeness (QED) is 0.404. The third-order valence-electron chi connectivity index (χ3n) is 4.57. The first-order valence-corrected chi connectivity index (χ1v) is 11.3. The second-order valence-corrected chi connectivity index (χ2v) is 9.66. The van der Waals surface area contributed by atoms with Gasteiger partial charge >= 0.3 is 0 Å². The minimum Gasteiger partial charge on any atom is -0.383 e. The molecule has 0 saturated carbocycles. The normalized spacial score (nSPS) is 14.1. The molecule has 138 valence electrons. The number of anilines is 1. The Bertz CT molecular complexity index is 1240. The van der Waals surface area contributed by atoms with Gasteiger partial charge in [0.05, 0.1) is 11.1 Å². The van der Waals surface area contributed by atoms with E-state index >= 15 is 0 Å². The van der Waals surface area contributed by atoms with Crippen LogP contribution in [0.4, 0.5) is 5.82 Å². The molecule has 0 aromatic carbocycles. The molecule has 0 bridgehead atoms. The van der Waals surface area contributed by atoms with Crippen LogP contribution in [-0.2, 0) is 18.6 Å². The Morgan fingerprint density at radius 3 is 2.96 bits per heavy atom. The van der Waals surface area contributed by atoms with E-state index in [4.69, 9.17) is 10.7 Å². The third-order valence-corrected chi connectivity index (χ3v) is 7.46. The molecular weight excluding hydrogens is 400 g/mol. The van der Waals surface area contributed by atoms with Crippen LogP contribution in [-0.4, -0.2) is 24.6 Å². The van der Waals surface area contributed by atoms with Crippen molar-refractivity contribution in [2.75, 3.05) is 5.73 Å². The smallest absolute Gasteiger partial charge is 0.275 e. The highest BCUT2D eigenvalue weighted by molar-refractivity contribution is 7.98. The second-order valence-electron chi connectivity index (χ2n) is 6.47. The number of nitrogens with two attached hydrogens (primary N) is 1. The van der Waals surface area contributed by atoms with Gasteiger partial charge in [-0.15, -0.1) is 11.3 Å². The summed E-state index contributed by atoms with van der Waals surface area (Å²) in [4.78, 5) is 28.9. The van der Waals surface area contributed by atoms with E-state index in [1.54, 1.807) is 11.3 Å². The predicted molar refractivity (Wildman–Crippen MR) is 110 cm³/mol. The van der Waals surface area contributed by atoms with Gasteiger partial charge in [-0.2, -0.15) is 9.61 Å². The van der Waals surface area contributed by atoms with Gasteiger partial charge in [0, 0.05) is 16.7 Å². The topological polar surface area (TPSA) is 99.1 Å². The van der Waals surface area contributed by atoms with Crippen molar-refractivity contribution in [1.82, 2.24) is 24.6 Å². The van der Waals surface area contributed by atoms with Gasteiger partial charge in [-0.3, -0.25) is 4.79 Å². The van der Waals surface area contributed by atoms with E-state index < -0.39 is 0 Å². The summed E-state index contributed by atoms with van der Waals surface area (Å²) in [5.41, 5.74) is 8.14. The number of nitrogen functional groups attached to an aromatic ring is 1. The van der Waals surface area contributed by atoms with Crippen molar-refractivity contribution in [3.63, 3.8) is 0 Å². The van der Waals surface area contributed by atoms with Crippen molar-refractivity contribution in [3.8, 4) is 0 Å². The van der Waals surface area contributed by atoms with Crippen LogP contribution in [0.5, 0.6) is 0 Å². The fourth-order valence-electron chi connectivity index (χ4n) is 3.39. The maximum atomic E-state index is 12.2. The SMILES string of the molecule is Cc1nn2c(=O)cc(CSc3nc(N)c4c5c(sc4n3)CCCC5)nc2s1. The number of fused-ring (bicyclic) bond motifs is 4. The summed E-state index contributed by atoms with van der Waals surface area (Å²) in [5.74, 6) is 1.07. The van der Waals surface area contributed by atoms with Crippen LogP contribution in [0.1, 0.15) is 34.0 Å². The van der Waals surface area contributed by atoms with E-state index in [0.29, 0.717) is 27.4 Å². The standard InChI is InChI=1S/C17H16N6OS3/c1-8-22-23-12(24)6-9(19-17(23)26-8)7-25-16-20-14(18)13-10-4-2-3-5-11(10)27-15(13)21-16/h6H,2-5,7H2,1H3,(H2,18,20,21). The van der Waals surface area contributed by atoms with Crippen LogP contribution in [0.25, 0.3) is 15.2 Å². The molecule has 0 atom stereocenters. The molecular formula is C17H16N6OS3. The number of aryl methyl sites for hydroxylation is 3. The number of thiophene rings is 1. The molecule has 10 heteroatoms. The molecule has 2 N–H and O–H groups in total. The Labute approximate surface area is 166 Å². The van der Waals surface area contributed by atoms with Gasteiger partial charge in [-0.25, -0.2) is 15.0 Å². The number of thioether (sulfide) groups is 1. The Morgan fingerprint density at radius 1 is 1.22 bits per heavy atom. The van der Waals surface area contributed by atoms with Gasteiger partial charge in [-0.1, -0.05) is 23.1 Å². The molecule has 7 nitrogen and oxygen atoms in total. The highest BCUT2D eigenvalue weighted by atomic mass is 32.2. The third kappa shape index (κ3) is 3.01. The number of nitrogens with zero attached hydrogens (tertiary/aromatic N) is 5. The van der Waals surface area contributed by atoms with Crippen molar-refractivity contribution >= 4 is 55.4 Å². The molecule has 5 rings (SSSR count). The van der Waals surface area contributed by atoms with Crippen LogP contribution in [0.15, 0.2) is 16.0 Å². The molecule has 4 heterocycles. The van der Waals surface area contributed by atoms with Gasteiger partial charge in [0.25, 0.3) is 5.56 Å². The number of rotatable bonds is 3. The molecule has 1 aliphatic carbocycles. The van der Waals surface area contributed by atoms with Crippen molar-refractivity contribution in [1.29, 1.82) is 0 Å². The van der Waals surface area contributed by atoms with E-state index in [1.165, 1.54) is 57.0 Å². The summed E-state index contributed by atoms with van der Waals surface area (Å²) in [6.07, 6.45) is 4.61. The molecule has 4 aromatic heterocycles. The molecule has 0 fully saturated rings. The second kappa shape index (κ2) is 6.54. The predicted octanol–water partition coefficient (Wildman–Crippen LogP) is 3.22. The van der Waals surface area contributed by atoms with E-state index in [-0.39, 0.29) is 5.56 Å². The lowest BCUT2D eigenvalue weighted by molar-refractivity contribution is 0.700. The van der Waals surface area contributed by atoms with E-state index in [2.05, 4.69) is 15.1 Å². The minimum atomic E-state index is -0.165. The zero-order valence-electron chi connectivity index (χ0n) is 14.6. The van der Waals surface area contributed by atoms with Crippen LogP contribution in [0, 0.1) is 6.92 Å². The molecule has 0 radical (unpaired) electrons. The number of hydrogen-bond acceptors (Lipinski definition) is 9.